The average Bonchev–Trinajstić information content (AvgIpc) is 2.62. The molecule has 0 saturated carbocycles. The van der Waals surface area contributed by atoms with Gasteiger partial charge in [0.05, 0.1) is 28.8 Å². The van der Waals surface area contributed by atoms with Crippen LogP contribution < -0.4 is 5.48 Å². The number of rotatable bonds is 7. The molecule has 0 aliphatic rings. The molecule has 7 heteroatoms. The first-order valence-electron chi connectivity index (χ1n) is 7.43. The Morgan fingerprint density at radius 1 is 1.16 bits per heavy atom. The summed E-state index contributed by atoms with van der Waals surface area (Å²) < 4.78 is 25.2. The largest absolute Gasteiger partial charge is 0.271 e. The molecule has 0 aromatic heterocycles. The maximum atomic E-state index is 12.0. The lowest BCUT2D eigenvalue weighted by Gasteiger charge is -2.13. The molecule has 0 atom stereocenters. The van der Waals surface area contributed by atoms with Gasteiger partial charge >= 0.3 is 0 Å². The van der Waals surface area contributed by atoms with Gasteiger partial charge in [-0.3, -0.25) is 10.3 Å². The summed E-state index contributed by atoms with van der Waals surface area (Å²) in [5, 5.41) is 8.76. The number of sulfonamides is 1. The topological polar surface area (TPSA) is 82.4 Å². The molecule has 2 aromatic rings. The Bertz CT molecular complexity index is 881. The third-order valence-corrected chi connectivity index (χ3v) is 5.33. The normalized spacial score (nSPS) is 11.1. The zero-order valence-corrected chi connectivity index (χ0v) is 14.9. The van der Waals surface area contributed by atoms with E-state index < -0.39 is 10.0 Å². The molecular formula is C18H19N3O3S. The van der Waals surface area contributed by atoms with Crippen LogP contribution >= 0.6 is 0 Å². The van der Waals surface area contributed by atoms with Gasteiger partial charge < -0.3 is 0 Å². The molecule has 0 amide bonds. The van der Waals surface area contributed by atoms with Gasteiger partial charge in [0.1, 0.15) is 0 Å². The summed E-state index contributed by atoms with van der Waals surface area (Å²) in [5.74, 6) is 0. The molecule has 0 bridgehead atoms. The van der Waals surface area contributed by atoms with Gasteiger partial charge in [0.15, 0.2) is 0 Å². The second-order valence-electron chi connectivity index (χ2n) is 5.49. The number of hydrogen-bond acceptors (Lipinski definition) is 5. The Morgan fingerprint density at radius 3 is 2.28 bits per heavy atom. The van der Waals surface area contributed by atoms with Crippen molar-refractivity contribution in [3.05, 3.63) is 71.8 Å². The zero-order chi connectivity index (χ0) is 18.4. The molecule has 2 aromatic carbocycles. The number of benzene rings is 2. The Kier molecular flexibility index (Phi) is 5.93. The molecule has 25 heavy (non-hydrogen) atoms. The molecule has 0 saturated heterocycles. The van der Waals surface area contributed by atoms with E-state index in [0.29, 0.717) is 17.9 Å². The minimum absolute atomic E-state index is 0.215. The van der Waals surface area contributed by atoms with E-state index in [-0.39, 0.29) is 4.90 Å². The molecule has 0 aliphatic carbocycles. The first-order chi connectivity index (χ1) is 11.8. The van der Waals surface area contributed by atoms with Crippen LogP contribution in [0, 0.1) is 11.3 Å². The minimum Gasteiger partial charge on any atom is -0.271 e. The van der Waals surface area contributed by atoms with Gasteiger partial charge in [-0.2, -0.15) is 5.26 Å². The van der Waals surface area contributed by atoms with Gasteiger partial charge in [0.2, 0.25) is 10.0 Å². The lowest BCUT2D eigenvalue weighted by Crippen LogP contribution is -2.22. The van der Waals surface area contributed by atoms with Crippen LogP contribution in [0.3, 0.4) is 0 Å². The summed E-state index contributed by atoms with van der Waals surface area (Å²) >= 11 is 0. The molecule has 0 radical (unpaired) electrons. The van der Waals surface area contributed by atoms with Gasteiger partial charge in [-0.15, -0.1) is 0 Å². The molecule has 1 N–H and O–H groups in total. The summed E-state index contributed by atoms with van der Waals surface area (Å²) in [6.45, 7) is 4.17. The van der Waals surface area contributed by atoms with Crippen molar-refractivity contribution in [2.75, 3.05) is 14.1 Å². The van der Waals surface area contributed by atoms with Crippen LogP contribution in [0.15, 0.2) is 60.0 Å². The van der Waals surface area contributed by atoms with Crippen LogP contribution in [0.1, 0.15) is 16.7 Å². The van der Waals surface area contributed by atoms with E-state index >= 15 is 0 Å². The lowest BCUT2D eigenvalue weighted by atomic mass is 10.2. The molecule has 0 unspecified atom stereocenters. The van der Waals surface area contributed by atoms with E-state index in [9.17, 15) is 8.42 Å². The minimum atomic E-state index is -3.45. The standard InChI is InChI=1S/C18H19N3O3S/c1-14(20-24-13-16-6-4-15(12-19)5-7-16)17-8-10-18(11-9-17)25(22,23)21(2)3/h4-11,20H,1,13H2,2-3H3. The van der Waals surface area contributed by atoms with E-state index in [4.69, 9.17) is 10.1 Å². The molecule has 0 heterocycles. The number of nitriles is 1. The van der Waals surface area contributed by atoms with Crippen molar-refractivity contribution in [2.45, 2.75) is 11.5 Å². The van der Waals surface area contributed by atoms with Crippen molar-refractivity contribution in [3.8, 4) is 6.07 Å². The fraction of sp³-hybridized carbons (Fsp3) is 0.167. The monoisotopic (exact) mass is 357 g/mol. The maximum Gasteiger partial charge on any atom is 0.242 e. The molecule has 6 nitrogen and oxygen atoms in total. The van der Waals surface area contributed by atoms with Gasteiger partial charge in [-0.1, -0.05) is 30.8 Å². The predicted octanol–water partition coefficient (Wildman–Crippen LogP) is 2.50. The average molecular weight is 357 g/mol. The Morgan fingerprint density at radius 2 is 1.76 bits per heavy atom. The smallest absolute Gasteiger partial charge is 0.242 e. The number of nitrogens with zero attached hydrogens (tertiary/aromatic N) is 2. The second kappa shape index (κ2) is 7.94. The zero-order valence-electron chi connectivity index (χ0n) is 14.1. The highest BCUT2D eigenvalue weighted by Crippen LogP contribution is 2.17. The Labute approximate surface area is 148 Å². The lowest BCUT2D eigenvalue weighted by molar-refractivity contribution is 0.0648. The summed E-state index contributed by atoms with van der Waals surface area (Å²) in [4.78, 5) is 5.60. The quantitative estimate of drug-likeness (QED) is 0.770. The van der Waals surface area contributed by atoms with E-state index in [1.807, 2.05) is 12.1 Å². The highest BCUT2D eigenvalue weighted by molar-refractivity contribution is 7.89. The third kappa shape index (κ3) is 4.67. The highest BCUT2D eigenvalue weighted by atomic mass is 32.2. The first kappa shape index (κ1) is 18.7. The van der Waals surface area contributed by atoms with Crippen LogP contribution in [0.2, 0.25) is 0 Å². The van der Waals surface area contributed by atoms with Crippen molar-refractivity contribution in [1.29, 1.82) is 5.26 Å². The van der Waals surface area contributed by atoms with Gasteiger partial charge in [-0.05, 0) is 35.4 Å². The van der Waals surface area contributed by atoms with Gasteiger partial charge in [-0.25, -0.2) is 12.7 Å². The van der Waals surface area contributed by atoms with Gasteiger partial charge in [0, 0.05) is 14.1 Å². The third-order valence-electron chi connectivity index (χ3n) is 3.50. The molecule has 130 valence electrons. The van der Waals surface area contributed by atoms with E-state index in [1.165, 1.54) is 26.2 Å². The molecule has 2 rings (SSSR count). The van der Waals surface area contributed by atoms with Crippen LogP contribution in [0.5, 0.6) is 0 Å². The molecule has 0 aliphatic heterocycles. The fourth-order valence-corrected chi connectivity index (χ4v) is 2.88. The summed E-state index contributed by atoms with van der Waals surface area (Å²) in [7, 11) is -0.475. The van der Waals surface area contributed by atoms with Crippen LogP contribution in [-0.2, 0) is 21.5 Å². The van der Waals surface area contributed by atoms with E-state index in [0.717, 1.165) is 15.4 Å². The molecule has 0 spiro atoms. The maximum absolute atomic E-state index is 12.0. The number of nitrogens with one attached hydrogen (secondary N) is 1. The Balaban J connectivity index is 1.93. The highest BCUT2D eigenvalue weighted by Gasteiger charge is 2.16. The van der Waals surface area contributed by atoms with Crippen LogP contribution in [-0.4, -0.2) is 26.8 Å². The summed E-state index contributed by atoms with van der Waals surface area (Å²) in [5.41, 5.74) is 5.47. The van der Waals surface area contributed by atoms with E-state index in [2.05, 4.69) is 18.1 Å². The summed E-state index contributed by atoms with van der Waals surface area (Å²) in [6.07, 6.45) is 0. The van der Waals surface area contributed by atoms with Crippen LogP contribution in [0.25, 0.3) is 5.70 Å². The molecular weight excluding hydrogens is 338 g/mol. The number of hydroxylamine groups is 1. The predicted molar refractivity (Wildman–Crippen MR) is 95.4 cm³/mol. The van der Waals surface area contributed by atoms with Crippen molar-refractivity contribution in [2.24, 2.45) is 0 Å². The van der Waals surface area contributed by atoms with Crippen LogP contribution in [0.4, 0.5) is 0 Å². The second-order valence-corrected chi connectivity index (χ2v) is 7.64. The van der Waals surface area contributed by atoms with Crippen molar-refractivity contribution >= 4 is 15.7 Å². The van der Waals surface area contributed by atoms with Crippen molar-refractivity contribution < 1.29 is 13.3 Å². The summed E-state index contributed by atoms with van der Waals surface area (Å²) in [6, 6.07) is 15.5. The SMILES string of the molecule is C=C(NOCc1ccc(C#N)cc1)c1ccc(S(=O)(=O)N(C)C)cc1. The Hall–Kier alpha value is -2.66. The fourth-order valence-electron chi connectivity index (χ4n) is 1.98. The van der Waals surface area contributed by atoms with Crippen molar-refractivity contribution in [3.63, 3.8) is 0 Å². The number of hydrogen-bond donors (Lipinski definition) is 1. The molecule has 0 fully saturated rings. The first-order valence-corrected chi connectivity index (χ1v) is 8.87. The van der Waals surface area contributed by atoms with Crippen molar-refractivity contribution in [1.82, 2.24) is 9.79 Å². The van der Waals surface area contributed by atoms with Gasteiger partial charge in [0.25, 0.3) is 0 Å². The van der Waals surface area contributed by atoms with E-state index in [1.54, 1.807) is 24.3 Å².